The first-order chi connectivity index (χ1) is 9.27. The molecule has 0 spiro atoms. The van der Waals surface area contributed by atoms with E-state index in [9.17, 15) is 4.79 Å². The highest BCUT2D eigenvalue weighted by Gasteiger charge is 2.08. The molecule has 0 saturated carbocycles. The van der Waals surface area contributed by atoms with Crippen LogP contribution in [0, 0.1) is 0 Å². The minimum absolute atomic E-state index is 0.168. The van der Waals surface area contributed by atoms with Crippen LogP contribution in [0.2, 0.25) is 0 Å². The van der Waals surface area contributed by atoms with E-state index in [0.29, 0.717) is 17.8 Å². The molecule has 3 N–H and O–H groups in total. The molecule has 1 amide bonds. The highest BCUT2D eigenvalue weighted by molar-refractivity contribution is 5.98. The van der Waals surface area contributed by atoms with E-state index in [2.05, 4.69) is 22.4 Å². The van der Waals surface area contributed by atoms with Crippen molar-refractivity contribution in [3.05, 3.63) is 59.9 Å². The molecule has 4 heteroatoms. The number of carbonyl (C=O) groups is 1. The average Bonchev–Trinajstić information content (AvgIpc) is 2.45. The third kappa shape index (κ3) is 3.81. The smallest absolute Gasteiger partial charge is 0.254 e. The van der Waals surface area contributed by atoms with E-state index in [4.69, 9.17) is 5.73 Å². The summed E-state index contributed by atoms with van der Waals surface area (Å²) in [7, 11) is 0. The van der Waals surface area contributed by atoms with Crippen molar-refractivity contribution in [1.82, 2.24) is 10.3 Å². The number of pyridine rings is 1. The zero-order valence-corrected chi connectivity index (χ0v) is 10.7. The number of carbonyl (C=O) groups excluding carboxylic acids is 1. The zero-order chi connectivity index (χ0) is 13.5. The fourth-order valence-corrected chi connectivity index (χ4v) is 1.83. The molecule has 1 heterocycles. The molecule has 0 saturated heterocycles. The van der Waals surface area contributed by atoms with E-state index >= 15 is 0 Å². The SMILES string of the molecule is Nc1ccncc1C(=O)NCCCc1ccccc1. The predicted molar refractivity (Wildman–Crippen MR) is 75.7 cm³/mol. The van der Waals surface area contributed by atoms with Crippen LogP contribution in [0.3, 0.4) is 0 Å². The van der Waals surface area contributed by atoms with Crippen molar-refractivity contribution < 1.29 is 4.79 Å². The summed E-state index contributed by atoms with van der Waals surface area (Å²) in [5.41, 5.74) is 7.88. The molecule has 19 heavy (non-hydrogen) atoms. The summed E-state index contributed by atoms with van der Waals surface area (Å²) < 4.78 is 0. The Hall–Kier alpha value is -2.36. The van der Waals surface area contributed by atoms with Gasteiger partial charge in [0.1, 0.15) is 0 Å². The van der Waals surface area contributed by atoms with Gasteiger partial charge in [0.2, 0.25) is 0 Å². The van der Waals surface area contributed by atoms with Gasteiger partial charge in [-0.2, -0.15) is 0 Å². The van der Waals surface area contributed by atoms with Crippen molar-refractivity contribution in [3.8, 4) is 0 Å². The second-order valence-electron chi connectivity index (χ2n) is 4.31. The summed E-state index contributed by atoms with van der Waals surface area (Å²) in [6.45, 7) is 0.627. The summed E-state index contributed by atoms with van der Waals surface area (Å²) in [6.07, 6.45) is 4.91. The lowest BCUT2D eigenvalue weighted by atomic mass is 10.1. The molecule has 0 radical (unpaired) electrons. The first-order valence-electron chi connectivity index (χ1n) is 6.29. The lowest BCUT2D eigenvalue weighted by Gasteiger charge is -2.06. The van der Waals surface area contributed by atoms with E-state index in [1.807, 2.05) is 18.2 Å². The fraction of sp³-hybridized carbons (Fsp3) is 0.200. The molecule has 0 atom stereocenters. The minimum Gasteiger partial charge on any atom is -0.398 e. The van der Waals surface area contributed by atoms with Crippen LogP contribution in [0.1, 0.15) is 22.3 Å². The molecule has 4 nitrogen and oxygen atoms in total. The normalized spacial score (nSPS) is 10.1. The van der Waals surface area contributed by atoms with Gasteiger partial charge in [0, 0.05) is 24.6 Å². The maximum atomic E-state index is 11.8. The standard InChI is InChI=1S/C15H17N3O/c16-14-8-10-17-11-13(14)15(19)18-9-4-7-12-5-2-1-3-6-12/h1-3,5-6,8,10-11H,4,7,9H2,(H2,16,17)(H,18,19). The Kier molecular flexibility index (Phi) is 4.50. The molecule has 2 rings (SSSR count). The molecule has 0 bridgehead atoms. The summed E-state index contributed by atoms with van der Waals surface area (Å²) >= 11 is 0. The largest absolute Gasteiger partial charge is 0.398 e. The van der Waals surface area contributed by atoms with Gasteiger partial charge in [0.05, 0.1) is 5.56 Å². The highest BCUT2D eigenvalue weighted by Crippen LogP contribution is 2.08. The Labute approximate surface area is 112 Å². The molecule has 98 valence electrons. The van der Waals surface area contributed by atoms with Crippen LogP contribution >= 0.6 is 0 Å². The monoisotopic (exact) mass is 255 g/mol. The summed E-state index contributed by atoms with van der Waals surface area (Å²) in [6, 6.07) is 11.8. The second-order valence-corrected chi connectivity index (χ2v) is 4.31. The Morgan fingerprint density at radius 3 is 2.74 bits per heavy atom. The van der Waals surface area contributed by atoms with Crippen molar-refractivity contribution in [2.75, 3.05) is 12.3 Å². The number of nitrogens with two attached hydrogens (primary N) is 1. The Balaban J connectivity index is 1.77. The van der Waals surface area contributed by atoms with Gasteiger partial charge >= 0.3 is 0 Å². The lowest BCUT2D eigenvalue weighted by Crippen LogP contribution is -2.25. The number of anilines is 1. The highest BCUT2D eigenvalue weighted by atomic mass is 16.1. The number of amides is 1. The average molecular weight is 255 g/mol. The molecule has 2 aromatic rings. The number of nitrogen functional groups attached to an aromatic ring is 1. The van der Waals surface area contributed by atoms with Crippen molar-refractivity contribution >= 4 is 11.6 Å². The fourth-order valence-electron chi connectivity index (χ4n) is 1.83. The Bertz CT molecular complexity index is 540. The number of aromatic nitrogens is 1. The summed E-state index contributed by atoms with van der Waals surface area (Å²) in [5.74, 6) is -0.168. The van der Waals surface area contributed by atoms with E-state index in [0.717, 1.165) is 12.8 Å². The molecule has 0 aliphatic rings. The third-order valence-electron chi connectivity index (χ3n) is 2.87. The quantitative estimate of drug-likeness (QED) is 0.803. The number of nitrogens with zero attached hydrogens (tertiary/aromatic N) is 1. The van der Waals surface area contributed by atoms with Crippen LogP contribution in [0.15, 0.2) is 48.8 Å². The van der Waals surface area contributed by atoms with Crippen LogP contribution in [-0.2, 0) is 6.42 Å². The molecule has 0 fully saturated rings. The Morgan fingerprint density at radius 1 is 1.21 bits per heavy atom. The van der Waals surface area contributed by atoms with Crippen LogP contribution in [0.4, 0.5) is 5.69 Å². The van der Waals surface area contributed by atoms with Crippen LogP contribution < -0.4 is 11.1 Å². The zero-order valence-electron chi connectivity index (χ0n) is 10.7. The Morgan fingerprint density at radius 2 is 2.00 bits per heavy atom. The summed E-state index contributed by atoms with van der Waals surface area (Å²) in [4.78, 5) is 15.7. The molecular weight excluding hydrogens is 238 g/mol. The molecule has 1 aromatic carbocycles. The number of hydrogen-bond acceptors (Lipinski definition) is 3. The van der Waals surface area contributed by atoms with Crippen molar-refractivity contribution in [2.24, 2.45) is 0 Å². The predicted octanol–water partition coefficient (Wildman–Crippen LogP) is 2.03. The van der Waals surface area contributed by atoms with Gasteiger partial charge in [-0.25, -0.2) is 0 Å². The number of hydrogen-bond donors (Lipinski definition) is 2. The van der Waals surface area contributed by atoms with Gasteiger partial charge in [0.15, 0.2) is 0 Å². The molecule has 0 unspecified atom stereocenters. The summed E-state index contributed by atoms with van der Waals surface area (Å²) in [5, 5.41) is 2.85. The van der Waals surface area contributed by atoms with E-state index < -0.39 is 0 Å². The first-order valence-corrected chi connectivity index (χ1v) is 6.29. The molecular formula is C15H17N3O. The number of aryl methyl sites for hydroxylation is 1. The molecule has 0 aliphatic heterocycles. The van der Waals surface area contributed by atoms with Gasteiger partial charge in [-0.3, -0.25) is 9.78 Å². The van der Waals surface area contributed by atoms with Crippen LogP contribution in [-0.4, -0.2) is 17.4 Å². The number of benzene rings is 1. The lowest BCUT2D eigenvalue weighted by molar-refractivity contribution is 0.0954. The van der Waals surface area contributed by atoms with E-state index in [-0.39, 0.29) is 5.91 Å². The van der Waals surface area contributed by atoms with Gasteiger partial charge in [-0.05, 0) is 24.5 Å². The number of nitrogens with one attached hydrogen (secondary N) is 1. The number of rotatable bonds is 5. The van der Waals surface area contributed by atoms with Gasteiger partial charge in [-0.15, -0.1) is 0 Å². The van der Waals surface area contributed by atoms with Gasteiger partial charge in [-0.1, -0.05) is 30.3 Å². The molecule has 1 aromatic heterocycles. The third-order valence-corrected chi connectivity index (χ3v) is 2.87. The first kappa shape index (κ1) is 13.1. The van der Waals surface area contributed by atoms with Crippen molar-refractivity contribution in [3.63, 3.8) is 0 Å². The topological polar surface area (TPSA) is 68.0 Å². The van der Waals surface area contributed by atoms with E-state index in [1.165, 1.54) is 11.8 Å². The maximum absolute atomic E-state index is 11.8. The van der Waals surface area contributed by atoms with Crippen molar-refractivity contribution in [1.29, 1.82) is 0 Å². The van der Waals surface area contributed by atoms with Crippen molar-refractivity contribution in [2.45, 2.75) is 12.8 Å². The van der Waals surface area contributed by atoms with Crippen LogP contribution in [0.25, 0.3) is 0 Å². The van der Waals surface area contributed by atoms with Gasteiger partial charge < -0.3 is 11.1 Å². The second kappa shape index (κ2) is 6.54. The molecule has 0 aliphatic carbocycles. The maximum Gasteiger partial charge on any atom is 0.254 e. The van der Waals surface area contributed by atoms with E-state index in [1.54, 1.807) is 12.3 Å². The minimum atomic E-state index is -0.168. The van der Waals surface area contributed by atoms with Gasteiger partial charge in [0.25, 0.3) is 5.91 Å². The van der Waals surface area contributed by atoms with Crippen LogP contribution in [0.5, 0.6) is 0 Å².